The van der Waals surface area contributed by atoms with Crippen LogP contribution in [0.5, 0.6) is 0 Å². The van der Waals surface area contributed by atoms with Gasteiger partial charge in [0, 0.05) is 32.9 Å². The van der Waals surface area contributed by atoms with Crippen molar-refractivity contribution in [2.24, 2.45) is 0 Å². The molecule has 1 aliphatic heterocycles. The van der Waals surface area contributed by atoms with E-state index >= 15 is 0 Å². The summed E-state index contributed by atoms with van der Waals surface area (Å²) in [6.07, 6.45) is 0. The minimum atomic E-state index is -0.534. The second kappa shape index (κ2) is 11.4. The fourth-order valence-corrected chi connectivity index (χ4v) is 6.18. The van der Waals surface area contributed by atoms with Crippen LogP contribution in [0.15, 0.2) is 112 Å². The number of rotatable bonds is 7. The van der Waals surface area contributed by atoms with Gasteiger partial charge in [-0.1, -0.05) is 72.4 Å². The van der Waals surface area contributed by atoms with Crippen LogP contribution < -0.4 is 16.0 Å². The summed E-state index contributed by atoms with van der Waals surface area (Å²) in [7, 11) is 0. The van der Waals surface area contributed by atoms with Crippen molar-refractivity contribution in [2.75, 3.05) is 16.4 Å². The highest BCUT2D eigenvalue weighted by atomic mass is 32.2. The van der Waals surface area contributed by atoms with Gasteiger partial charge in [0.2, 0.25) is 5.91 Å². The molecule has 38 heavy (non-hydrogen) atoms. The molecule has 0 fully saturated rings. The number of carbonyl (C=O) groups excluding carboxylic acids is 2. The zero-order valence-electron chi connectivity index (χ0n) is 20.5. The highest BCUT2D eigenvalue weighted by molar-refractivity contribution is 8.03. The molecule has 6 nitrogen and oxygen atoms in total. The van der Waals surface area contributed by atoms with Gasteiger partial charge in [-0.05, 0) is 42.0 Å². The number of amides is 2. The van der Waals surface area contributed by atoms with Gasteiger partial charge in [-0.15, -0.1) is 11.3 Å². The molecule has 8 heteroatoms. The Morgan fingerprint density at radius 3 is 2.50 bits per heavy atom. The molecule has 0 bridgehead atoms. The summed E-state index contributed by atoms with van der Waals surface area (Å²) in [6, 6.07) is 29.0. The fourth-order valence-electron chi connectivity index (χ4n) is 4.45. The second-order valence-electron chi connectivity index (χ2n) is 8.65. The fraction of sp³-hybridized carbons (Fsp3) is 0.100. The van der Waals surface area contributed by atoms with Crippen molar-refractivity contribution in [3.63, 3.8) is 0 Å². The van der Waals surface area contributed by atoms with E-state index in [2.05, 4.69) is 22.0 Å². The molecule has 2 heterocycles. The molecule has 1 aromatic heterocycles. The molecule has 1 unspecified atom stereocenters. The molecule has 1 aliphatic rings. The van der Waals surface area contributed by atoms with Crippen molar-refractivity contribution in [3.05, 3.63) is 117 Å². The van der Waals surface area contributed by atoms with Gasteiger partial charge in [0.25, 0.3) is 5.91 Å². The third kappa shape index (κ3) is 5.35. The number of fused-ring (bicyclic) bond motifs is 1. The Labute approximate surface area is 229 Å². The van der Waals surface area contributed by atoms with E-state index in [0.717, 1.165) is 21.3 Å². The van der Waals surface area contributed by atoms with Crippen molar-refractivity contribution < 1.29 is 9.59 Å². The van der Waals surface area contributed by atoms with Crippen LogP contribution >= 0.6 is 23.1 Å². The largest absolute Gasteiger partial charge is 0.353 e. The van der Waals surface area contributed by atoms with E-state index in [1.54, 1.807) is 0 Å². The van der Waals surface area contributed by atoms with Crippen LogP contribution in [0.2, 0.25) is 0 Å². The molecule has 1 atom stereocenters. The third-order valence-corrected chi connectivity index (χ3v) is 8.12. The second-order valence-corrected chi connectivity index (χ2v) is 10.6. The first-order valence-electron chi connectivity index (χ1n) is 12.0. The molecule has 4 aromatic rings. The van der Waals surface area contributed by atoms with E-state index < -0.39 is 5.92 Å². The topological polar surface area (TPSA) is 94.0 Å². The summed E-state index contributed by atoms with van der Waals surface area (Å²) >= 11 is 2.75. The van der Waals surface area contributed by atoms with Gasteiger partial charge in [0.15, 0.2) is 0 Å². The first-order chi connectivity index (χ1) is 18.5. The predicted molar refractivity (Wildman–Crippen MR) is 156 cm³/mol. The first-order valence-corrected chi connectivity index (χ1v) is 13.8. The van der Waals surface area contributed by atoms with Gasteiger partial charge in [0.1, 0.15) is 0 Å². The highest BCUT2D eigenvalue weighted by Crippen LogP contribution is 2.42. The van der Waals surface area contributed by atoms with Gasteiger partial charge in [-0.3, -0.25) is 9.59 Å². The highest BCUT2D eigenvalue weighted by Gasteiger charge is 2.35. The number of thioether (sulfide) groups is 1. The van der Waals surface area contributed by atoms with Crippen LogP contribution in [0, 0.1) is 11.3 Å². The summed E-state index contributed by atoms with van der Waals surface area (Å²) in [6.45, 7) is 1.82. The predicted octanol–water partition coefficient (Wildman–Crippen LogP) is 6.61. The van der Waals surface area contributed by atoms with Gasteiger partial charge in [-0.25, -0.2) is 0 Å². The molecule has 3 N–H and O–H groups in total. The van der Waals surface area contributed by atoms with E-state index in [-0.39, 0.29) is 17.6 Å². The molecule has 0 spiro atoms. The lowest BCUT2D eigenvalue weighted by molar-refractivity contribution is -0.114. The lowest BCUT2D eigenvalue weighted by atomic mass is 9.86. The quantitative estimate of drug-likeness (QED) is 0.247. The average molecular weight is 537 g/mol. The van der Waals surface area contributed by atoms with Gasteiger partial charge < -0.3 is 16.0 Å². The molecule has 2 amide bonds. The van der Waals surface area contributed by atoms with Crippen LogP contribution in [-0.2, 0) is 9.59 Å². The first kappa shape index (κ1) is 25.3. The Hall–Kier alpha value is -4.32. The lowest BCUT2D eigenvalue weighted by Gasteiger charge is -2.29. The van der Waals surface area contributed by atoms with Crippen molar-refractivity contribution in [1.29, 1.82) is 5.26 Å². The molecular formula is C30H24N4O2S2. The van der Waals surface area contributed by atoms with Crippen molar-refractivity contribution >= 4 is 57.1 Å². The van der Waals surface area contributed by atoms with Crippen molar-refractivity contribution in [2.45, 2.75) is 12.8 Å². The Kier molecular flexibility index (Phi) is 7.59. The molecule has 188 valence electrons. The number of hydrogen-bond acceptors (Lipinski definition) is 6. The Morgan fingerprint density at radius 1 is 0.974 bits per heavy atom. The minimum Gasteiger partial charge on any atom is -0.353 e. The zero-order valence-corrected chi connectivity index (χ0v) is 22.2. The van der Waals surface area contributed by atoms with Crippen LogP contribution in [0.3, 0.4) is 0 Å². The third-order valence-electron chi connectivity index (χ3n) is 6.16. The van der Waals surface area contributed by atoms with Crippen LogP contribution in [0.1, 0.15) is 17.7 Å². The maximum atomic E-state index is 13.4. The van der Waals surface area contributed by atoms with Gasteiger partial charge >= 0.3 is 0 Å². The number of thiophene rings is 1. The molecule has 0 aliphatic carbocycles. The Morgan fingerprint density at radius 2 is 1.74 bits per heavy atom. The van der Waals surface area contributed by atoms with Crippen LogP contribution in [0.4, 0.5) is 11.4 Å². The number of nitriles is 1. The van der Waals surface area contributed by atoms with Gasteiger partial charge in [0.05, 0.1) is 28.3 Å². The number of para-hydroxylation sites is 1. The smallest absolute Gasteiger partial charge is 0.254 e. The summed E-state index contributed by atoms with van der Waals surface area (Å²) < 4.78 is 0. The maximum absolute atomic E-state index is 13.4. The number of carbonyl (C=O) groups is 2. The summed E-state index contributed by atoms with van der Waals surface area (Å²) in [5.41, 5.74) is 2.96. The zero-order chi connectivity index (χ0) is 26.5. The minimum absolute atomic E-state index is 0.104. The van der Waals surface area contributed by atoms with E-state index in [1.165, 1.54) is 23.1 Å². The Bertz CT molecular complexity index is 1600. The number of benzene rings is 3. The standard InChI is InChI=1S/C30H24N4O2S2/c1-19-27(29(36)33-21-11-3-2-4-12-21)28(25-15-8-16-37-25)23(17-31)30(32-19)38-18-26(35)34-24-14-7-10-20-9-5-6-13-22(20)24/h2-16,28,32H,18H2,1H3,(H,33,36)(H,34,35). The molecular weight excluding hydrogens is 512 g/mol. The number of allylic oxidation sites excluding steroid dienone is 2. The van der Waals surface area contributed by atoms with Crippen molar-refractivity contribution in [1.82, 2.24) is 5.32 Å². The van der Waals surface area contributed by atoms with E-state index in [9.17, 15) is 14.9 Å². The molecule has 5 rings (SSSR count). The monoisotopic (exact) mass is 536 g/mol. The number of anilines is 2. The van der Waals surface area contributed by atoms with Gasteiger partial charge in [-0.2, -0.15) is 5.26 Å². The normalized spacial score (nSPS) is 15.1. The molecule has 0 radical (unpaired) electrons. The summed E-state index contributed by atoms with van der Waals surface area (Å²) in [5, 5.41) is 23.9. The van der Waals surface area contributed by atoms with E-state index in [4.69, 9.17) is 0 Å². The number of dihydropyridines is 1. The van der Waals surface area contributed by atoms with Crippen LogP contribution in [0.25, 0.3) is 10.8 Å². The SMILES string of the molecule is CC1=C(C(=O)Nc2ccccc2)C(c2cccs2)C(C#N)=C(SCC(=O)Nc2cccc3ccccc23)N1. The molecule has 3 aromatic carbocycles. The van der Waals surface area contributed by atoms with E-state index in [0.29, 0.717) is 27.6 Å². The maximum Gasteiger partial charge on any atom is 0.254 e. The number of hydrogen-bond donors (Lipinski definition) is 3. The average Bonchev–Trinajstić information content (AvgIpc) is 3.47. The van der Waals surface area contributed by atoms with E-state index in [1.807, 2.05) is 97.2 Å². The van der Waals surface area contributed by atoms with Crippen molar-refractivity contribution in [3.8, 4) is 6.07 Å². The van der Waals surface area contributed by atoms with Crippen LogP contribution in [-0.4, -0.2) is 17.6 Å². The summed E-state index contributed by atoms with van der Waals surface area (Å²) in [5.74, 6) is -0.884. The number of nitrogens with one attached hydrogen (secondary N) is 3. The Balaban J connectivity index is 1.38. The molecule has 0 saturated heterocycles. The number of nitrogens with zero attached hydrogens (tertiary/aromatic N) is 1. The lowest BCUT2D eigenvalue weighted by Crippen LogP contribution is -2.30. The summed E-state index contributed by atoms with van der Waals surface area (Å²) in [4.78, 5) is 27.2. The molecule has 0 saturated carbocycles.